The molecular formula is C18H12F3N5O. The highest BCUT2D eigenvalue weighted by molar-refractivity contribution is 6.02. The minimum absolute atomic E-state index is 0.283. The third-order valence-corrected chi connectivity index (χ3v) is 4.54. The van der Waals surface area contributed by atoms with Gasteiger partial charge in [-0.15, -0.1) is 0 Å². The standard InChI is InChI=1S/C18H12F3N5O/c19-18(20,21)14-5-12(8-23-9-14)13-6-16-15(1-3-24-26(16)10-13)25-4-2-11(7-22)17(25)27/h1,3,5-6,8-11H,2,4H2. The van der Waals surface area contributed by atoms with Crippen LogP contribution in [0, 0.1) is 17.2 Å². The number of halogens is 3. The van der Waals surface area contributed by atoms with E-state index >= 15 is 0 Å². The molecule has 0 aliphatic carbocycles. The van der Waals surface area contributed by atoms with E-state index in [-0.39, 0.29) is 5.91 Å². The van der Waals surface area contributed by atoms with Crippen molar-refractivity contribution in [3.8, 4) is 17.2 Å². The number of amides is 1. The van der Waals surface area contributed by atoms with Crippen molar-refractivity contribution < 1.29 is 18.0 Å². The summed E-state index contributed by atoms with van der Waals surface area (Å²) in [6.07, 6.45) is 1.15. The quantitative estimate of drug-likeness (QED) is 0.693. The third kappa shape index (κ3) is 2.89. The van der Waals surface area contributed by atoms with Gasteiger partial charge in [0.15, 0.2) is 0 Å². The van der Waals surface area contributed by atoms with Crippen LogP contribution in [-0.4, -0.2) is 27.0 Å². The van der Waals surface area contributed by atoms with Crippen LogP contribution >= 0.6 is 0 Å². The summed E-state index contributed by atoms with van der Waals surface area (Å²) in [5.74, 6) is -0.964. The Hall–Kier alpha value is -3.41. The summed E-state index contributed by atoms with van der Waals surface area (Å²) in [4.78, 5) is 17.5. The summed E-state index contributed by atoms with van der Waals surface area (Å²) in [6, 6.07) is 6.32. The maximum Gasteiger partial charge on any atom is 0.417 e. The van der Waals surface area contributed by atoms with E-state index in [1.165, 1.54) is 21.8 Å². The van der Waals surface area contributed by atoms with Crippen LogP contribution < -0.4 is 4.90 Å². The van der Waals surface area contributed by atoms with Gasteiger partial charge in [0, 0.05) is 42.5 Å². The monoisotopic (exact) mass is 371 g/mol. The van der Waals surface area contributed by atoms with Gasteiger partial charge in [-0.2, -0.15) is 23.5 Å². The Bertz CT molecular complexity index is 1080. The molecule has 9 heteroatoms. The summed E-state index contributed by atoms with van der Waals surface area (Å²) in [7, 11) is 0. The first kappa shape index (κ1) is 17.0. The average Bonchev–Trinajstić information content (AvgIpc) is 3.24. The summed E-state index contributed by atoms with van der Waals surface area (Å²) in [6.45, 7) is 0.405. The van der Waals surface area contributed by atoms with Gasteiger partial charge < -0.3 is 4.90 Å². The van der Waals surface area contributed by atoms with Crippen LogP contribution in [0.4, 0.5) is 18.9 Å². The number of anilines is 1. The number of carbonyl (C=O) groups is 1. The lowest BCUT2D eigenvalue weighted by Gasteiger charge is -2.16. The van der Waals surface area contributed by atoms with E-state index in [1.807, 2.05) is 6.07 Å². The second kappa shape index (κ2) is 6.09. The lowest BCUT2D eigenvalue weighted by Crippen LogP contribution is -2.27. The molecule has 1 atom stereocenters. The van der Waals surface area contributed by atoms with E-state index in [9.17, 15) is 18.0 Å². The van der Waals surface area contributed by atoms with Crippen molar-refractivity contribution in [2.45, 2.75) is 12.6 Å². The SMILES string of the molecule is N#CC1CCN(c2ccnn3cc(-c4cncc(C(F)(F)F)c4)cc23)C1=O. The molecule has 0 radical (unpaired) electrons. The van der Waals surface area contributed by atoms with Crippen LogP contribution in [0.3, 0.4) is 0 Å². The molecule has 1 unspecified atom stereocenters. The number of rotatable bonds is 2. The van der Waals surface area contributed by atoms with Crippen LogP contribution in [0.15, 0.2) is 43.0 Å². The number of hydrogen-bond donors (Lipinski definition) is 0. The van der Waals surface area contributed by atoms with E-state index in [0.29, 0.717) is 35.3 Å². The molecule has 1 fully saturated rings. The molecule has 0 aromatic carbocycles. The van der Waals surface area contributed by atoms with Gasteiger partial charge in [0.25, 0.3) is 0 Å². The number of pyridine rings is 1. The van der Waals surface area contributed by atoms with Crippen molar-refractivity contribution in [2.24, 2.45) is 5.92 Å². The number of carbonyl (C=O) groups excluding carboxylic acids is 1. The predicted octanol–water partition coefficient (Wildman–Crippen LogP) is 3.29. The normalized spacial score (nSPS) is 17.5. The van der Waals surface area contributed by atoms with E-state index in [0.717, 1.165) is 12.3 Å². The topological polar surface area (TPSA) is 74.3 Å². The highest BCUT2D eigenvalue weighted by Crippen LogP contribution is 2.34. The minimum Gasteiger partial charge on any atom is -0.309 e. The van der Waals surface area contributed by atoms with Gasteiger partial charge in [0.05, 0.1) is 22.8 Å². The molecule has 1 saturated heterocycles. The number of alkyl halides is 3. The molecule has 0 spiro atoms. The summed E-state index contributed by atoms with van der Waals surface area (Å²) in [5, 5.41) is 13.2. The fourth-order valence-electron chi connectivity index (χ4n) is 3.18. The molecule has 0 N–H and O–H groups in total. The Labute approximate surface area is 151 Å². The van der Waals surface area contributed by atoms with E-state index in [2.05, 4.69) is 10.1 Å². The molecule has 4 rings (SSSR count). The highest BCUT2D eigenvalue weighted by Gasteiger charge is 2.34. The second-order valence-corrected chi connectivity index (χ2v) is 6.20. The molecule has 4 heterocycles. The van der Waals surface area contributed by atoms with Crippen molar-refractivity contribution in [2.75, 3.05) is 11.4 Å². The van der Waals surface area contributed by atoms with Crippen molar-refractivity contribution in [1.29, 1.82) is 5.26 Å². The molecule has 3 aromatic rings. The number of nitriles is 1. The Kier molecular flexibility index (Phi) is 3.84. The summed E-state index contributed by atoms with van der Waals surface area (Å²) in [5.41, 5.74) is 1.09. The first-order chi connectivity index (χ1) is 12.9. The van der Waals surface area contributed by atoms with Gasteiger partial charge in [0.1, 0.15) is 5.92 Å². The summed E-state index contributed by atoms with van der Waals surface area (Å²) >= 11 is 0. The zero-order valence-electron chi connectivity index (χ0n) is 13.8. The van der Waals surface area contributed by atoms with Gasteiger partial charge in [-0.05, 0) is 24.6 Å². The maximum atomic E-state index is 12.9. The maximum absolute atomic E-state index is 12.9. The van der Waals surface area contributed by atoms with Gasteiger partial charge in [-0.3, -0.25) is 9.78 Å². The molecule has 0 saturated carbocycles. The number of aromatic nitrogens is 3. The van der Waals surface area contributed by atoms with Crippen molar-refractivity contribution in [3.63, 3.8) is 0 Å². The van der Waals surface area contributed by atoms with Crippen LogP contribution in [-0.2, 0) is 11.0 Å². The van der Waals surface area contributed by atoms with Gasteiger partial charge in [-0.25, -0.2) is 4.52 Å². The van der Waals surface area contributed by atoms with E-state index in [1.54, 1.807) is 18.3 Å². The lowest BCUT2D eigenvalue weighted by atomic mass is 10.1. The van der Waals surface area contributed by atoms with Crippen LogP contribution in [0.5, 0.6) is 0 Å². The molecule has 6 nitrogen and oxygen atoms in total. The molecule has 1 aliphatic rings. The van der Waals surface area contributed by atoms with Crippen LogP contribution in [0.2, 0.25) is 0 Å². The highest BCUT2D eigenvalue weighted by atomic mass is 19.4. The average molecular weight is 371 g/mol. The fraction of sp³-hybridized carbons (Fsp3) is 0.222. The molecule has 1 amide bonds. The Balaban J connectivity index is 1.79. The second-order valence-electron chi connectivity index (χ2n) is 6.20. The Morgan fingerprint density at radius 3 is 2.74 bits per heavy atom. The van der Waals surface area contributed by atoms with Crippen molar-refractivity contribution >= 4 is 17.1 Å². The van der Waals surface area contributed by atoms with E-state index in [4.69, 9.17) is 5.26 Å². The van der Waals surface area contributed by atoms with Crippen LogP contribution in [0.25, 0.3) is 16.6 Å². The third-order valence-electron chi connectivity index (χ3n) is 4.54. The lowest BCUT2D eigenvalue weighted by molar-refractivity contribution is -0.137. The van der Waals surface area contributed by atoms with Gasteiger partial charge >= 0.3 is 6.18 Å². The molecule has 0 bridgehead atoms. The Morgan fingerprint density at radius 2 is 2.04 bits per heavy atom. The zero-order valence-corrected chi connectivity index (χ0v) is 13.8. The fourth-order valence-corrected chi connectivity index (χ4v) is 3.18. The van der Waals surface area contributed by atoms with E-state index < -0.39 is 17.7 Å². The minimum atomic E-state index is -4.49. The predicted molar refractivity (Wildman–Crippen MR) is 89.5 cm³/mol. The molecular weight excluding hydrogens is 359 g/mol. The zero-order chi connectivity index (χ0) is 19.2. The van der Waals surface area contributed by atoms with Gasteiger partial charge in [0.2, 0.25) is 5.91 Å². The number of nitrogens with zero attached hydrogens (tertiary/aromatic N) is 5. The number of fused-ring (bicyclic) bond motifs is 1. The van der Waals surface area contributed by atoms with Crippen molar-refractivity contribution in [1.82, 2.24) is 14.6 Å². The Morgan fingerprint density at radius 1 is 1.22 bits per heavy atom. The first-order valence-corrected chi connectivity index (χ1v) is 8.09. The number of hydrogen-bond acceptors (Lipinski definition) is 4. The largest absolute Gasteiger partial charge is 0.417 e. The summed E-state index contributed by atoms with van der Waals surface area (Å²) < 4.78 is 40.3. The van der Waals surface area contributed by atoms with Crippen LogP contribution in [0.1, 0.15) is 12.0 Å². The van der Waals surface area contributed by atoms with Gasteiger partial charge in [-0.1, -0.05) is 0 Å². The molecule has 1 aliphatic heterocycles. The molecule has 27 heavy (non-hydrogen) atoms. The molecule has 3 aromatic heterocycles. The van der Waals surface area contributed by atoms with Crippen molar-refractivity contribution in [3.05, 3.63) is 48.5 Å². The smallest absolute Gasteiger partial charge is 0.309 e. The molecule has 136 valence electrons. The first-order valence-electron chi connectivity index (χ1n) is 8.09.